The number of aliphatic hydroxyl groups is 9. The Hall–Kier alpha value is -0.600. The SMILES string of the molecule is CC1O[C@H](O[C@@H]2C(CO)O[C@H](O[C@@H]3C(CO)OC(O)[C@@H](O)C3O)C(O)[C@H]2O)C(O)[C@@H](O)[C@@H]1N. The molecule has 3 rings (SSSR count). The monoisotopic (exact) mass is 487 g/mol. The van der Waals surface area contributed by atoms with Gasteiger partial charge < -0.3 is 75.4 Å². The summed E-state index contributed by atoms with van der Waals surface area (Å²) in [6.07, 6.45) is -21.4. The lowest BCUT2D eigenvalue weighted by molar-refractivity contribution is -0.373. The van der Waals surface area contributed by atoms with Crippen molar-refractivity contribution in [2.45, 2.75) is 99.0 Å². The normalized spacial score (nSPS) is 53.7. The van der Waals surface area contributed by atoms with Crippen molar-refractivity contribution in [3.05, 3.63) is 0 Å². The quantitative estimate of drug-likeness (QED) is 0.167. The minimum absolute atomic E-state index is 0.728. The molecule has 0 aliphatic carbocycles. The number of ether oxygens (including phenoxy) is 5. The zero-order valence-electron chi connectivity index (χ0n) is 17.7. The van der Waals surface area contributed by atoms with Gasteiger partial charge in [0.1, 0.15) is 61.0 Å². The minimum atomic E-state index is -1.83. The molecule has 15 heteroatoms. The van der Waals surface area contributed by atoms with E-state index >= 15 is 0 Å². The molecule has 3 aliphatic rings. The third-order valence-electron chi connectivity index (χ3n) is 6.16. The van der Waals surface area contributed by atoms with E-state index in [1.807, 2.05) is 0 Å². The summed E-state index contributed by atoms with van der Waals surface area (Å²) < 4.78 is 26.8. The van der Waals surface area contributed by atoms with Crippen LogP contribution in [0.25, 0.3) is 0 Å². The Kier molecular flexibility index (Phi) is 8.99. The molecule has 7 unspecified atom stereocenters. The van der Waals surface area contributed by atoms with Crippen LogP contribution in [0, 0.1) is 0 Å². The first-order valence-electron chi connectivity index (χ1n) is 10.5. The topological polar surface area (TPSA) is 254 Å². The van der Waals surface area contributed by atoms with Crippen LogP contribution < -0.4 is 5.73 Å². The first-order chi connectivity index (χ1) is 15.5. The fraction of sp³-hybridized carbons (Fsp3) is 1.00. The zero-order valence-corrected chi connectivity index (χ0v) is 17.7. The minimum Gasteiger partial charge on any atom is -0.394 e. The van der Waals surface area contributed by atoms with Gasteiger partial charge in [-0.15, -0.1) is 0 Å². The molecule has 11 N–H and O–H groups in total. The van der Waals surface area contributed by atoms with Crippen LogP contribution in [-0.4, -0.2) is 151 Å². The van der Waals surface area contributed by atoms with Gasteiger partial charge in [0.15, 0.2) is 18.9 Å². The summed E-state index contributed by atoms with van der Waals surface area (Å²) in [6.45, 7) is 0.0570. The van der Waals surface area contributed by atoms with Gasteiger partial charge in [-0.2, -0.15) is 0 Å². The van der Waals surface area contributed by atoms with E-state index in [-0.39, 0.29) is 0 Å². The maximum Gasteiger partial charge on any atom is 0.187 e. The lowest BCUT2D eigenvalue weighted by Gasteiger charge is -2.47. The maximum atomic E-state index is 10.6. The second-order valence-electron chi connectivity index (χ2n) is 8.41. The highest BCUT2D eigenvalue weighted by Crippen LogP contribution is 2.31. The summed E-state index contributed by atoms with van der Waals surface area (Å²) in [5, 5.41) is 90.2. The fourth-order valence-electron chi connectivity index (χ4n) is 4.04. The lowest BCUT2D eigenvalue weighted by atomic mass is 9.96. The molecule has 3 heterocycles. The Morgan fingerprint density at radius 3 is 1.64 bits per heavy atom. The third kappa shape index (κ3) is 5.32. The van der Waals surface area contributed by atoms with Crippen LogP contribution in [0.1, 0.15) is 6.92 Å². The van der Waals surface area contributed by atoms with E-state index < -0.39 is 105 Å². The van der Waals surface area contributed by atoms with Gasteiger partial charge in [-0.1, -0.05) is 0 Å². The molecule has 0 bridgehead atoms. The Labute approximate surface area is 188 Å². The van der Waals surface area contributed by atoms with Gasteiger partial charge in [-0.25, -0.2) is 0 Å². The Morgan fingerprint density at radius 2 is 1.09 bits per heavy atom. The summed E-state index contributed by atoms with van der Waals surface area (Å²) in [4.78, 5) is 0. The van der Waals surface area contributed by atoms with E-state index in [1.165, 1.54) is 6.92 Å². The zero-order chi connectivity index (χ0) is 24.6. The van der Waals surface area contributed by atoms with Crippen molar-refractivity contribution >= 4 is 0 Å². The van der Waals surface area contributed by atoms with Gasteiger partial charge in [0.05, 0.1) is 25.4 Å². The van der Waals surface area contributed by atoms with Gasteiger partial charge in [0.25, 0.3) is 0 Å². The molecule has 0 radical (unpaired) electrons. The molecule has 0 saturated carbocycles. The second-order valence-corrected chi connectivity index (χ2v) is 8.41. The van der Waals surface area contributed by atoms with Crippen molar-refractivity contribution in [3.8, 4) is 0 Å². The smallest absolute Gasteiger partial charge is 0.187 e. The van der Waals surface area contributed by atoms with E-state index in [9.17, 15) is 46.0 Å². The largest absolute Gasteiger partial charge is 0.394 e. The van der Waals surface area contributed by atoms with Crippen LogP contribution in [0.4, 0.5) is 0 Å². The van der Waals surface area contributed by atoms with Crippen LogP contribution in [0.2, 0.25) is 0 Å². The number of aliphatic hydroxyl groups excluding tert-OH is 9. The maximum absolute atomic E-state index is 10.6. The first kappa shape index (κ1) is 27.0. The van der Waals surface area contributed by atoms with Crippen LogP contribution in [0.15, 0.2) is 0 Å². The Bertz CT molecular complexity index is 627. The van der Waals surface area contributed by atoms with E-state index in [2.05, 4.69) is 0 Å². The molecule has 0 amide bonds. The van der Waals surface area contributed by atoms with Gasteiger partial charge >= 0.3 is 0 Å². The average Bonchev–Trinajstić information content (AvgIpc) is 2.80. The standard InChI is InChI=1S/C18H33NO14/c1-4-7(19)8(22)12(26)17(29-4)32-15-6(3-21)31-18(13(27)10(15)24)33-14-5(2-20)30-16(28)11(25)9(14)23/h4-18,20-28H,2-3,19H2,1H3/t4?,5?,6?,7-,8+,9?,10-,11+,12?,13?,14-,15-,16?,17-,18-/m1/s1. The third-order valence-corrected chi connectivity index (χ3v) is 6.16. The average molecular weight is 487 g/mol. The van der Waals surface area contributed by atoms with Crippen LogP contribution in [0.5, 0.6) is 0 Å². The van der Waals surface area contributed by atoms with E-state index in [0.717, 1.165) is 0 Å². The van der Waals surface area contributed by atoms with Gasteiger partial charge in [-0.3, -0.25) is 0 Å². The molecule has 0 spiro atoms. The molecule has 194 valence electrons. The summed E-state index contributed by atoms with van der Waals surface area (Å²) >= 11 is 0. The molecule has 0 aromatic rings. The number of nitrogens with two attached hydrogens (primary N) is 1. The van der Waals surface area contributed by atoms with Crippen molar-refractivity contribution in [3.63, 3.8) is 0 Å². The Morgan fingerprint density at radius 1 is 0.636 bits per heavy atom. The molecule has 33 heavy (non-hydrogen) atoms. The molecule has 0 aromatic carbocycles. The molecule has 0 aromatic heterocycles. The predicted octanol–water partition coefficient (Wildman–Crippen LogP) is -6.58. The van der Waals surface area contributed by atoms with Crippen molar-refractivity contribution in [1.82, 2.24) is 0 Å². The molecule has 15 nitrogen and oxygen atoms in total. The molecular weight excluding hydrogens is 454 g/mol. The predicted molar refractivity (Wildman–Crippen MR) is 102 cm³/mol. The first-order valence-corrected chi connectivity index (χ1v) is 10.5. The van der Waals surface area contributed by atoms with Crippen molar-refractivity contribution < 1.29 is 69.6 Å². The molecule has 3 fully saturated rings. The highest BCUT2D eigenvalue weighted by atomic mass is 16.7. The second kappa shape index (κ2) is 11.0. The van der Waals surface area contributed by atoms with Crippen molar-refractivity contribution in [2.75, 3.05) is 13.2 Å². The van der Waals surface area contributed by atoms with E-state index in [1.54, 1.807) is 0 Å². The Balaban J connectivity index is 1.71. The highest BCUT2D eigenvalue weighted by molar-refractivity contribution is 4.96. The summed E-state index contributed by atoms with van der Waals surface area (Å²) in [6, 6.07) is -0.901. The summed E-state index contributed by atoms with van der Waals surface area (Å²) in [5.41, 5.74) is 5.73. The molecule has 3 saturated heterocycles. The van der Waals surface area contributed by atoms with Crippen molar-refractivity contribution in [1.29, 1.82) is 0 Å². The number of hydrogen-bond donors (Lipinski definition) is 10. The van der Waals surface area contributed by atoms with E-state index in [4.69, 9.17) is 29.4 Å². The van der Waals surface area contributed by atoms with Gasteiger partial charge in [0, 0.05) is 0 Å². The molecule has 15 atom stereocenters. The summed E-state index contributed by atoms with van der Waals surface area (Å²) in [5.74, 6) is 0. The van der Waals surface area contributed by atoms with Gasteiger partial charge in [-0.05, 0) is 6.92 Å². The summed E-state index contributed by atoms with van der Waals surface area (Å²) in [7, 11) is 0. The van der Waals surface area contributed by atoms with Crippen LogP contribution in [0.3, 0.4) is 0 Å². The lowest BCUT2D eigenvalue weighted by Crippen LogP contribution is -2.66. The number of hydrogen-bond acceptors (Lipinski definition) is 15. The molecule has 3 aliphatic heterocycles. The van der Waals surface area contributed by atoms with E-state index in [0.29, 0.717) is 0 Å². The van der Waals surface area contributed by atoms with Crippen LogP contribution >= 0.6 is 0 Å². The fourth-order valence-corrected chi connectivity index (χ4v) is 4.04. The number of rotatable bonds is 6. The van der Waals surface area contributed by atoms with Crippen molar-refractivity contribution in [2.24, 2.45) is 5.73 Å². The van der Waals surface area contributed by atoms with Crippen LogP contribution in [-0.2, 0) is 23.7 Å². The molecular formula is C18H33NO14. The van der Waals surface area contributed by atoms with Gasteiger partial charge in [0.2, 0.25) is 0 Å². The highest BCUT2D eigenvalue weighted by Gasteiger charge is 2.52.